The SMILES string of the molecule is CC(C)(O)c1c[nH]c(-c2cncc([C@@]34CC[C@@H](c5cc(-c6c(F)cccc6F)nnc53)C4(C)C)n2)n1. The minimum atomic E-state index is -1.09. The number of aliphatic hydroxyl groups is 1. The molecule has 0 unspecified atom stereocenters. The van der Waals surface area contributed by atoms with Crippen molar-refractivity contribution in [3.8, 4) is 22.8 Å². The average molecular weight is 489 g/mol. The summed E-state index contributed by atoms with van der Waals surface area (Å²) in [6.07, 6.45) is 6.76. The molecule has 2 aliphatic carbocycles. The summed E-state index contributed by atoms with van der Waals surface area (Å²) in [6, 6.07) is 5.58. The van der Waals surface area contributed by atoms with Crippen molar-refractivity contribution >= 4 is 0 Å². The fourth-order valence-corrected chi connectivity index (χ4v) is 6.21. The number of H-pyrrole nitrogens is 1. The molecular formula is C27H26F2N6O. The van der Waals surface area contributed by atoms with E-state index < -0.39 is 22.7 Å². The second-order valence-electron chi connectivity index (χ2n) is 10.8. The number of aromatic amines is 1. The van der Waals surface area contributed by atoms with E-state index in [1.54, 1.807) is 38.5 Å². The monoisotopic (exact) mass is 488 g/mol. The summed E-state index contributed by atoms with van der Waals surface area (Å²) in [5.74, 6) is -0.681. The molecule has 6 rings (SSSR count). The van der Waals surface area contributed by atoms with Gasteiger partial charge in [-0.15, -0.1) is 5.10 Å². The average Bonchev–Trinajstić information content (AvgIpc) is 3.48. The van der Waals surface area contributed by atoms with Crippen molar-refractivity contribution in [1.82, 2.24) is 30.1 Å². The van der Waals surface area contributed by atoms with Gasteiger partial charge in [0.25, 0.3) is 0 Å². The molecular weight excluding hydrogens is 462 g/mol. The van der Waals surface area contributed by atoms with Crippen molar-refractivity contribution in [1.29, 1.82) is 0 Å². The van der Waals surface area contributed by atoms with Gasteiger partial charge in [-0.1, -0.05) is 19.9 Å². The van der Waals surface area contributed by atoms with E-state index in [1.807, 2.05) is 0 Å². The summed E-state index contributed by atoms with van der Waals surface area (Å²) < 4.78 is 29.0. The summed E-state index contributed by atoms with van der Waals surface area (Å²) in [6.45, 7) is 7.71. The van der Waals surface area contributed by atoms with Crippen LogP contribution in [-0.2, 0) is 11.0 Å². The van der Waals surface area contributed by atoms with Crippen LogP contribution >= 0.6 is 0 Å². The maximum absolute atomic E-state index is 14.5. The van der Waals surface area contributed by atoms with Crippen LogP contribution in [0.4, 0.5) is 8.78 Å². The molecule has 3 aromatic heterocycles. The molecule has 2 atom stereocenters. The van der Waals surface area contributed by atoms with E-state index in [2.05, 4.69) is 39.0 Å². The minimum absolute atomic E-state index is 0.132. The van der Waals surface area contributed by atoms with Crippen LogP contribution in [0.5, 0.6) is 0 Å². The Hall–Kier alpha value is -3.59. The number of aromatic nitrogens is 6. The third-order valence-corrected chi connectivity index (χ3v) is 8.12. The zero-order chi connectivity index (χ0) is 25.5. The fourth-order valence-electron chi connectivity index (χ4n) is 6.21. The van der Waals surface area contributed by atoms with Crippen molar-refractivity contribution < 1.29 is 13.9 Å². The molecule has 1 saturated carbocycles. The van der Waals surface area contributed by atoms with Crippen LogP contribution < -0.4 is 0 Å². The predicted octanol–water partition coefficient (Wildman–Crippen LogP) is 5.03. The van der Waals surface area contributed by atoms with E-state index in [0.717, 1.165) is 29.8 Å². The maximum Gasteiger partial charge on any atom is 0.158 e. The van der Waals surface area contributed by atoms with Gasteiger partial charge < -0.3 is 10.1 Å². The second-order valence-corrected chi connectivity index (χ2v) is 10.8. The molecule has 3 heterocycles. The molecule has 0 saturated heterocycles. The van der Waals surface area contributed by atoms with Gasteiger partial charge in [-0.05, 0) is 61.8 Å². The number of nitrogens with one attached hydrogen (secondary N) is 1. The fraction of sp³-hybridized carbons (Fsp3) is 0.370. The van der Waals surface area contributed by atoms with Gasteiger partial charge in [0.05, 0.1) is 40.0 Å². The molecule has 36 heavy (non-hydrogen) atoms. The number of imidazole rings is 1. The molecule has 0 aliphatic heterocycles. The molecule has 0 amide bonds. The van der Waals surface area contributed by atoms with Crippen LogP contribution in [0.3, 0.4) is 0 Å². The Bertz CT molecular complexity index is 1490. The van der Waals surface area contributed by atoms with E-state index in [9.17, 15) is 13.9 Å². The summed E-state index contributed by atoms with van der Waals surface area (Å²) in [4.78, 5) is 17.1. The number of hydrogen-bond donors (Lipinski definition) is 2. The smallest absolute Gasteiger partial charge is 0.158 e. The minimum Gasteiger partial charge on any atom is -0.384 e. The number of fused-ring (bicyclic) bond motifs is 5. The molecule has 2 N–H and O–H groups in total. The highest BCUT2D eigenvalue weighted by Crippen LogP contribution is 2.69. The molecule has 0 spiro atoms. The molecule has 2 bridgehead atoms. The number of halogens is 2. The Balaban J connectivity index is 1.48. The molecule has 184 valence electrons. The molecule has 7 nitrogen and oxygen atoms in total. The van der Waals surface area contributed by atoms with Crippen LogP contribution in [0, 0.1) is 17.0 Å². The van der Waals surface area contributed by atoms with Crippen LogP contribution in [0.15, 0.2) is 42.9 Å². The van der Waals surface area contributed by atoms with E-state index >= 15 is 0 Å². The third-order valence-electron chi connectivity index (χ3n) is 8.12. The van der Waals surface area contributed by atoms with Gasteiger partial charge in [0.15, 0.2) is 5.82 Å². The van der Waals surface area contributed by atoms with Crippen LogP contribution in [0.2, 0.25) is 0 Å². The Morgan fingerprint density at radius 2 is 1.81 bits per heavy atom. The van der Waals surface area contributed by atoms with Gasteiger partial charge in [0.2, 0.25) is 0 Å². The number of benzene rings is 1. The standard InChI is InChI=1S/C27H26F2N6O/c1-25(2)15-8-9-27(25,21-12-30-11-19(32-21)24-31-13-20(33-24)26(3,4)36)23-14(15)10-18(34-35-23)22-16(28)6-5-7-17(22)29/h5-7,10-13,15,36H,8-9H2,1-4H3,(H,31,33)/t15-,27-/m0/s1. The molecule has 1 aromatic carbocycles. The summed E-state index contributed by atoms with van der Waals surface area (Å²) >= 11 is 0. The molecule has 1 fully saturated rings. The Morgan fingerprint density at radius 3 is 2.50 bits per heavy atom. The summed E-state index contributed by atoms with van der Waals surface area (Å²) in [5.41, 5.74) is 1.67. The highest BCUT2D eigenvalue weighted by molar-refractivity contribution is 5.64. The topological polar surface area (TPSA) is 100 Å². The Morgan fingerprint density at radius 1 is 1.06 bits per heavy atom. The van der Waals surface area contributed by atoms with E-state index in [0.29, 0.717) is 17.2 Å². The van der Waals surface area contributed by atoms with Gasteiger partial charge in [-0.25, -0.2) is 18.7 Å². The van der Waals surface area contributed by atoms with Crippen molar-refractivity contribution in [3.05, 3.63) is 77.1 Å². The first-order valence-electron chi connectivity index (χ1n) is 12.0. The largest absolute Gasteiger partial charge is 0.384 e. The lowest BCUT2D eigenvalue weighted by Crippen LogP contribution is -2.38. The lowest BCUT2D eigenvalue weighted by Gasteiger charge is -2.37. The zero-order valence-electron chi connectivity index (χ0n) is 20.5. The predicted molar refractivity (Wildman–Crippen MR) is 129 cm³/mol. The number of rotatable bonds is 4. The van der Waals surface area contributed by atoms with Gasteiger partial charge in [0, 0.05) is 12.4 Å². The van der Waals surface area contributed by atoms with Gasteiger partial charge >= 0.3 is 0 Å². The number of nitrogens with zero attached hydrogens (tertiary/aromatic N) is 5. The quantitative estimate of drug-likeness (QED) is 0.418. The second kappa shape index (κ2) is 7.46. The van der Waals surface area contributed by atoms with Crippen molar-refractivity contribution in [3.63, 3.8) is 0 Å². The molecule has 4 aromatic rings. The highest BCUT2D eigenvalue weighted by Gasteiger charge is 2.65. The van der Waals surface area contributed by atoms with Gasteiger partial charge in [-0.2, -0.15) is 5.10 Å². The third kappa shape index (κ3) is 3.01. The van der Waals surface area contributed by atoms with Gasteiger partial charge in [-0.3, -0.25) is 4.98 Å². The van der Waals surface area contributed by atoms with Gasteiger partial charge in [0.1, 0.15) is 22.9 Å². The van der Waals surface area contributed by atoms with E-state index in [1.165, 1.54) is 18.2 Å². The van der Waals surface area contributed by atoms with Crippen molar-refractivity contribution in [2.24, 2.45) is 5.41 Å². The first-order valence-corrected chi connectivity index (χ1v) is 12.0. The first-order chi connectivity index (χ1) is 17.0. The Kier molecular flexibility index (Phi) is 4.73. The normalized spacial score (nSPS) is 22.1. The van der Waals surface area contributed by atoms with E-state index in [-0.39, 0.29) is 22.6 Å². The number of hydrogen-bond acceptors (Lipinski definition) is 6. The highest BCUT2D eigenvalue weighted by atomic mass is 19.1. The first kappa shape index (κ1) is 22.8. The lowest BCUT2D eigenvalue weighted by molar-refractivity contribution is 0.0744. The van der Waals surface area contributed by atoms with Crippen LogP contribution in [0.1, 0.15) is 69.1 Å². The van der Waals surface area contributed by atoms with Crippen LogP contribution in [0.25, 0.3) is 22.8 Å². The molecule has 9 heteroatoms. The lowest BCUT2D eigenvalue weighted by atomic mass is 9.66. The van der Waals surface area contributed by atoms with Crippen LogP contribution in [-0.4, -0.2) is 35.2 Å². The van der Waals surface area contributed by atoms with Crippen molar-refractivity contribution in [2.75, 3.05) is 0 Å². The summed E-state index contributed by atoms with van der Waals surface area (Å²) in [7, 11) is 0. The van der Waals surface area contributed by atoms with Crippen molar-refractivity contribution in [2.45, 2.75) is 57.5 Å². The van der Waals surface area contributed by atoms with E-state index in [4.69, 9.17) is 4.98 Å². The zero-order valence-corrected chi connectivity index (χ0v) is 20.5. The summed E-state index contributed by atoms with van der Waals surface area (Å²) in [5, 5.41) is 19.2. The molecule has 0 radical (unpaired) electrons. The maximum atomic E-state index is 14.5. The molecule has 2 aliphatic rings. The Labute approximate surface area is 207 Å².